The molecule has 0 aromatic carbocycles. The number of imide groups is 1. The van der Waals surface area contributed by atoms with Crippen LogP contribution in [0.25, 0.3) is 0 Å². The van der Waals surface area contributed by atoms with E-state index in [-0.39, 0.29) is 32.5 Å². The summed E-state index contributed by atoms with van der Waals surface area (Å²) < 4.78 is 28.9. The van der Waals surface area contributed by atoms with Crippen molar-refractivity contribution >= 4 is 43.7 Å². The van der Waals surface area contributed by atoms with Gasteiger partial charge in [0.05, 0.1) is 59.3 Å². The summed E-state index contributed by atoms with van der Waals surface area (Å²) in [7, 11) is -0.709. The third-order valence-corrected chi connectivity index (χ3v) is 4.46. The predicted octanol–water partition coefficient (Wildman–Crippen LogP) is -0.565. The Balaban J connectivity index is 0.00000181. The zero-order valence-electron chi connectivity index (χ0n) is 23.0. The lowest BCUT2D eigenvalue weighted by atomic mass is 9.82. The Bertz CT molecular complexity index is 698. The molecule has 0 radical (unpaired) electrons. The van der Waals surface area contributed by atoms with Crippen LogP contribution in [-0.4, -0.2) is 113 Å². The molecule has 1 saturated heterocycles. The second kappa shape index (κ2) is 22.8. The Kier molecular flexibility index (Phi) is 21.6. The maximum Gasteiger partial charge on any atom is 0.407 e. The first kappa shape index (κ1) is 37.0. The first-order chi connectivity index (χ1) is 18.5. The van der Waals surface area contributed by atoms with Crippen LogP contribution in [0.1, 0.15) is 40.0 Å². The van der Waals surface area contributed by atoms with Crippen molar-refractivity contribution in [1.29, 1.82) is 0 Å². The topological polar surface area (TPSA) is 197 Å². The van der Waals surface area contributed by atoms with Gasteiger partial charge in [-0.05, 0) is 27.1 Å². The molecule has 0 unspecified atom stereocenters. The monoisotopic (exact) mass is 582 g/mol. The van der Waals surface area contributed by atoms with Crippen molar-refractivity contribution in [2.75, 3.05) is 65.9 Å². The summed E-state index contributed by atoms with van der Waals surface area (Å²) in [5.41, 5.74) is 4.43. The second-order valence-electron chi connectivity index (χ2n) is 8.94. The molecule has 5 N–H and O–H groups in total. The van der Waals surface area contributed by atoms with Gasteiger partial charge in [0.15, 0.2) is 0 Å². The molecule has 0 bridgehead atoms. The van der Waals surface area contributed by atoms with Gasteiger partial charge < -0.3 is 44.5 Å². The van der Waals surface area contributed by atoms with Crippen LogP contribution in [0, 0.1) is 0 Å². The van der Waals surface area contributed by atoms with Crippen molar-refractivity contribution in [2.24, 2.45) is 5.64 Å². The lowest BCUT2D eigenvalue weighted by Crippen LogP contribution is -2.34. The highest BCUT2D eigenvalue weighted by molar-refractivity contribution is 7.78. The van der Waals surface area contributed by atoms with E-state index in [1.54, 1.807) is 20.8 Å². The molecule has 1 aliphatic rings. The number of nitrogens with one attached hydrogen (secondary N) is 2. The number of nitrogens with zero attached hydrogens (tertiary/aromatic N) is 1. The Hall–Kier alpha value is -1.99. The lowest BCUT2D eigenvalue weighted by molar-refractivity contribution is -0.198. The number of alkyl carbamates (subject to hydrolysis) is 1. The number of hydrogen-bond acceptors (Lipinski definition) is 14. The molecule has 1 heterocycles. The molecule has 1 rings (SSSR count). The average molecular weight is 582 g/mol. The predicted molar refractivity (Wildman–Crippen MR) is 143 cm³/mol. The van der Waals surface area contributed by atoms with E-state index in [1.807, 2.05) is 0 Å². The SMILES string of the molecule is CC(C)(C)OC(=O)NCCOCCOCCOCCOCCC(=O)ON1C(=O)CCC1=O.NB(O)CCNS. The summed E-state index contributed by atoms with van der Waals surface area (Å²) in [5, 5.41) is 11.5. The maximum atomic E-state index is 11.6. The van der Waals surface area contributed by atoms with Crippen LogP contribution in [0.15, 0.2) is 0 Å². The number of hydrogen-bond donors (Lipinski definition) is 5. The Morgan fingerprint density at radius 3 is 1.85 bits per heavy atom. The average Bonchev–Trinajstić information content (AvgIpc) is 3.16. The molecular weight excluding hydrogens is 539 g/mol. The second-order valence-corrected chi connectivity index (χ2v) is 9.25. The zero-order valence-corrected chi connectivity index (χ0v) is 23.9. The molecule has 0 atom stereocenters. The van der Waals surface area contributed by atoms with Crippen LogP contribution in [0.2, 0.25) is 6.32 Å². The molecule has 0 aromatic heterocycles. The third kappa shape index (κ3) is 23.6. The van der Waals surface area contributed by atoms with Crippen LogP contribution in [0.4, 0.5) is 4.79 Å². The third-order valence-electron chi connectivity index (χ3n) is 4.23. The number of ether oxygens (including phenoxy) is 5. The van der Waals surface area contributed by atoms with Gasteiger partial charge in [-0.3, -0.25) is 14.3 Å². The Morgan fingerprint density at radius 2 is 1.41 bits per heavy atom. The lowest BCUT2D eigenvalue weighted by Gasteiger charge is -2.19. The minimum atomic E-state index is -0.709. The minimum Gasteiger partial charge on any atom is -0.444 e. The summed E-state index contributed by atoms with van der Waals surface area (Å²) in [4.78, 5) is 50.3. The molecule has 39 heavy (non-hydrogen) atoms. The number of hydroxylamine groups is 2. The number of rotatable bonds is 19. The fourth-order valence-corrected chi connectivity index (χ4v) is 2.60. The van der Waals surface area contributed by atoms with Crippen molar-refractivity contribution in [3.05, 3.63) is 0 Å². The molecule has 0 spiro atoms. The van der Waals surface area contributed by atoms with Gasteiger partial charge in [0.1, 0.15) is 5.60 Å². The Morgan fingerprint density at radius 1 is 0.923 bits per heavy atom. The highest BCUT2D eigenvalue weighted by atomic mass is 32.1. The van der Waals surface area contributed by atoms with Crippen molar-refractivity contribution < 1.29 is 52.7 Å². The van der Waals surface area contributed by atoms with Gasteiger partial charge in [0, 0.05) is 25.9 Å². The van der Waals surface area contributed by atoms with Gasteiger partial charge >= 0.3 is 19.1 Å². The zero-order chi connectivity index (χ0) is 29.5. The van der Waals surface area contributed by atoms with E-state index in [2.05, 4.69) is 22.9 Å². The van der Waals surface area contributed by atoms with Gasteiger partial charge in [-0.1, -0.05) is 12.8 Å². The van der Waals surface area contributed by atoms with Crippen molar-refractivity contribution in [1.82, 2.24) is 15.1 Å². The molecule has 1 fully saturated rings. The van der Waals surface area contributed by atoms with Crippen LogP contribution < -0.4 is 15.7 Å². The molecule has 226 valence electrons. The summed E-state index contributed by atoms with van der Waals surface area (Å²) >= 11 is 3.68. The van der Waals surface area contributed by atoms with Crippen molar-refractivity contribution in [2.45, 2.75) is 52.0 Å². The number of thiol groups is 1. The molecule has 0 saturated carbocycles. The van der Waals surface area contributed by atoms with Gasteiger partial charge in [0.2, 0.25) is 0 Å². The van der Waals surface area contributed by atoms with Crippen LogP contribution >= 0.6 is 12.8 Å². The first-order valence-electron chi connectivity index (χ1n) is 12.6. The fourth-order valence-electron chi connectivity index (χ4n) is 2.47. The molecular formula is C22H43BN4O11S. The fraction of sp³-hybridized carbons (Fsp3) is 0.818. The van der Waals surface area contributed by atoms with E-state index in [0.717, 1.165) is 0 Å². The van der Waals surface area contributed by atoms with Gasteiger partial charge in [-0.2, -0.15) is 0 Å². The summed E-state index contributed by atoms with van der Waals surface area (Å²) in [6, 6.07) is 0. The molecule has 0 aliphatic carbocycles. The number of carbonyl (C=O) groups is 4. The van der Waals surface area contributed by atoms with E-state index >= 15 is 0 Å². The standard InChI is InChI=1S/C20H34N2O10.C2H9BN2OS/c1-20(2,3)31-19(26)21-7-9-28-11-13-30-15-14-29-12-10-27-8-6-18(25)32-22-16(23)4-5-17(22)24;4-3(6)1-2-5-7/h4-15H2,1-3H3,(H,21,26);5-7H,1-2,4H2. The largest absolute Gasteiger partial charge is 0.444 e. The van der Waals surface area contributed by atoms with Crippen LogP contribution in [0.5, 0.6) is 0 Å². The quantitative estimate of drug-likeness (QED) is 0.0563. The van der Waals surface area contributed by atoms with Crippen LogP contribution in [0.3, 0.4) is 0 Å². The van der Waals surface area contributed by atoms with Crippen LogP contribution in [-0.2, 0) is 42.9 Å². The summed E-state index contributed by atoms with van der Waals surface area (Å²) in [5.74, 6) is -1.73. The summed E-state index contributed by atoms with van der Waals surface area (Å²) in [6.45, 7) is 8.99. The normalized spacial score (nSPS) is 13.1. The van der Waals surface area contributed by atoms with E-state index < -0.39 is 36.5 Å². The molecule has 3 amide bonds. The molecule has 1 aliphatic heterocycles. The van der Waals surface area contributed by atoms with Gasteiger partial charge in [0.25, 0.3) is 11.8 Å². The van der Waals surface area contributed by atoms with E-state index in [1.165, 1.54) is 0 Å². The highest BCUT2D eigenvalue weighted by Crippen LogP contribution is 2.12. The van der Waals surface area contributed by atoms with Crippen molar-refractivity contribution in [3.63, 3.8) is 0 Å². The van der Waals surface area contributed by atoms with Gasteiger partial charge in [-0.25, -0.2) is 9.59 Å². The number of carbonyl (C=O) groups excluding carboxylic acids is 4. The minimum absolute atomic E-state index is 0.0595. The molecule has 15 nitrogen and oxygen atoms in total. The first-order valence-corrected chi connectivity index (χ1v) is 13.1. The molecule has 0 aromatic rings. The number of amides is 3. The van der Waals surface area contributed by atoms with Crippen molar-refractivity contribution in [3.8, 4) is 0 Å². The number of nitrogens with two attached hydrogens (primary N) is 1. The molecule has 17 heteroatoms. The highest BCUT2D eigenvalue weighted by Gasteiger charge is 2.32. The van der Waals surface area contributed by atoms with E-state index in [9.17, 15) is 19.2 Å². The van der Waals surface area contributed by atoms with Gasteiger partial charge in [-0.15, -0.1) is 5.06 Å². The smallest absolute Gasteiger partial charge is 0.407 e. The van der Waals surface area contributed by atoms with E-state index in [0.29, 0.717) is 64.1 Å². The summed E-state index contributed by atoms with van der Waals surface area (Å²) in [6.07, 6.45) is 0.110. The Labute approximate surface area is 235 Å². The maximum absolute atomic E-state index is 11.6. The van der Waals surface area contributed by atoms with E-state index in [4.69, 9.17) is 39.2 Å².